The fraction of sp³-hybridized carbons (Fsp3) is 0.148. The fourth-order valence-electron chi connectivity index (χ4n) is 3.80. The molecule has 3 aromatic rings. The van der Waals surface area contributed by atoms with Gasteiger partial charge in [0.05, 0.1) is 10.9 Å². The molecular formula is C27H22ClN3O2S. The molecule has 0 aliphatic carbocycles. The number of halogens is 1. The lowest BCUT2D eigenvalue weighted by molar-refractivity contribution is -0.117. The third-order valence-electron chi connectivity index (χ3n) is 5.57. The molecule has 1 saturated heterocycles. The lowest BCUT2D eigenvalue weighted by Crippen LogP contribution is -2.31. The van der Waals surface area contributed by atoms with Crippen LogP contribution < -0.4 is 10.2 Å². The van der Waals surface area contributed by atoms with Crippen molar-refractivity contribution in [1.82, 2.24) is 0 Å². The van der Waals surface area contributed by atoms with Crippen LogP contribution in [0.3, 0.4) is 0 Å². The topological polar surface area (TPSA) is 73.2 Å². The summed E-state index contributed by atoms with van der Waals surface area (Å²) in [6, 6.07) is 24.2. The predicted molar refractivity (Wildman–Crippen MR) is 138 cm³/mol. The highest BCUT2D eigenvalue weighted by atomic mass is 35.5. The molecular weight excluding hydrogens is 466 g/mol. The van der Waals surface area contributed by atoms with Gasteiger partial charge < -0.3 is 5.32 Å². The number of nitrogens with zero attached hydrogens (tertiary/aromatic N) is 2. The van der Waals surface area contributed by atoms with Gasteiger partial charge in [-0.15, -0.1) is 0 Å². The molecule has 34 heavy (non-hydrogen) atoms. The number of benzene rings is 3. The van der Waals surface area contributed by atoms with Gasteiger partial charge in [0.25, 0.3) is 5.91 Å². The maximum atomic E-state index is 13.6. The third kappa shape index (κ3) is 4.86. The second-order valence-electron chi connectivity index (χ2n) is 7.96. The van der Waals surface area contributed by atoms with Crippen molar-refractivity contribution in [3.05, 3.63) is 105 Å². The summed E-state index contributed by atoms with van der Waals surface area (Å²) in [4.78, 5) is 28.3. The fourth-order valence-corrected chi connectivity index (χ4v) is 5.31. The average molecular weight is 488 g/mol. The molecule has 0 saturated carbocycles. The zero-order valence-corrected chi connectivity index (χ0v) is 20.3. The molecule has 7 heteroatoms. The molecule has 0 unspecified atom stereocenters. The normalized spacial score (nSPS) is 16.8. The summed E-state index contributed by atoms with van der Waals surface area (Å²) in [5.41, 5.74) is 3.83. The molecule has 1 fully saturated rings. The highest BCUT2D eigenvalue weighted by Crippen LogP contribution is 2.43. The molecule has 0 aromatic heterocycles. The van der Waals surface area contributed by atoms with Crippen molar-refractivity contribution < 1.29 is 9.59 Å². The van der Waals surface area contributed by atoms with Crippen LogP contribution in [0.25, 0.3) is 0 Å². The minimum atomic E-state index is -0.547. The summed E-state index contributed by atoms with van der Waals surface area (Å²) >= 11 is 7.37. The quantitative estimate of drug-likeness (QED) is 0.352. The van der Waals surface area contributed by atoms with E-state index in [1.54, 1.807) is 12.1 Å². The van der Waals surface area contributed by atoms with Gasteiger partial charge in [-0.2, -0.15) is 5.26 Å². The van der Waals surface area contributed by atoms with Crippen LogP contribution in [0.15, 0.2) is 83.4 Å². The van der Waals surface area contributed by atoms with Gasteiger partial charge in [-0.3, -0.25) is 14.5 Å². The maximum Gasteiger partial charge on any atom is 0.269 e. The Labute approximate surface area is 208 Å². The molecule has 5 nitrogen and oxygen atoms in total. The Kier molecular flexibility index (Phi) is 7.06. The summed E-state index contributed by atoms with van der Waals surface area (Å²) in [6.45, 7) is 3.78. The van der Waals surface area contributed by atoms with Gasteiger partial charge in [-0.25, -0.2) is 0 Å². The zero-order chi connectivity index (χ0) is 24.2. The molecule has 0 spiro atoms. The first-order chi connectivity index (χ1) is 16.4. The number of para-hydroxylation sites is 2. The van der Waals surface area contributed by atoms with E-state index in [1.807, 2.05) is 80.6 Å². The van der Waals surface area contributed by atoms with Crippen molar-refractivity contribution in [3.8, 4) is 6.07 Å². The van der Waals surface area contributed by atoms with Gasteiger partial charge in [0, 0.05) is 10.7 Å². The standard InChI is InChI=1S/C27H22ClN3O2S/c1-17-8-3-5-12-22(17)30-25(32)21(16-29)27-31(23-13-6-4-9-18(23)2)26(33)24(34-27)15-19-10-7-11-20(28)14-19/h3-14,24H,15H2,1-2H3,(H,30,32)/b27-21-/t24-/m0/s1. The smallest absolute Gasteiger partial charge is 0.269 e. The van der Waals surface area contributed by atoms with Crippen LogP contribution in [0.4, 0.5) is 11.4 Å². The Balaban J connectivity index is 1.76. The van der Waals surface area contributed by atoms with Gasteiger partial charge in [-0.1, -0.05) is 71.9 Å². The molecule has 1 aliphatic rings. The van der Waals surface area contributed by atoms with Gasteiger partial charge in [0.2, 0.25) is 5.91 Å². The number of aryl methyl sites for hydroxylation is 2. The number of anilines is 2. The Bertz CT molecular complexity index is 1350. The van der Waals surface area contributed by atoms with Crippen molar-refractivity contribution in [2.75, 3.05) is 10.2 Å². The van der Waals surface area contributed by atoms with Crippen LogP contribution in [0.2, 0.25) is 5.02 Å². The van der Waals surface area contributed by atoms with E-state index in [-0.39, 0.29) is 11.5 Å². The van der Waals surface area contributed by atoms with E-state index in [9.17, 15) is 14.9 Å². The van der Waals surface area contributed by atoms with Gasteiger partial charge >= 0.3 is 0 Å². The van der Waals surface area contributed by atoms with Crippen molar-refractivity contribution >= 4 is 46.6 Å². The third-order valence-corrected chi connectivity index (χ3v) is 7.06. The molecule has 2 amide bonds. The molecule has 170 valence electrons. The van der Waals surface area contributed by atoms with Crippen molar-refractivity contribution in [2.45, 2.75) is 25.5 Å². The average Bonchev–Trinajstić information content (AvgIpc) is 3.11. The SMILES string of the molecule is Cc1ccccc1NC(=O)/C(C#N)=C1\S[C@@H](Cc2cccc(Cl)c2)C(=O)N1c1ccccc1C. The Morgan fingerprint density at radius 1 is 1.06 bits per heavy atom. The first-order valence-electron chi connectivity index (χ1n) is 10.7. The monoisotopic (exact) mass is 487 g/mol. The number of rotatable bonds is 5. The number of nitriles is 1. The Morgan fingerprint density at radius 3 is 2.44 bits per heavy atom. The number of hydrogen-bond donors (Lipinski definition) is 1. The minimum absolute atomic E-state index is 0.0987. The number of carbonyl (C=O) groups excluding carboxylic acids is 2. The van der Waals surface area contributed by atoms with Crippen LogP contribution in [-0.4, -0.2) is 17.1 Å². The second kappa shape index (κ2) is 10.2. The highest BCUT2D eigenvalue weighted by Gasteiger charge is 2.41. The number of amides is 2. The van der Waals surface area contributed by atoms with Crippen LogP contribution in [0.1, 0.15) is 16.7 Å². The van der Waals surface area contributed by atoms with Crippen LogP contribution in [0.5, 0.6) is 0 Å². The zero-order valence-electron chi connectivity index (χ0n) is 18.7. The van der Waals surface area contributed by atoms with Gasteiger partial charge in [-0.05, 0) is 61.2 Å². The van der Waals surface area contributed by atoms with Crippen LogP contribution in [0, 0.1) is 25.2 Å². The Hall–Kier alpha value is -3.53. The molecule has 0 radical (unpaired) electrons. The van der Waals surface area contributed by atoms with E-state index in [2.05, 4.69) is 5.32 Å². The van der Waals surface area contributed by atoms with Crippen LogP contribution in [-0.2, 0) is 16.0 Å². The number of nitrogens with one attached hydrogen (secondary N) is 1. The van der Waals surface area contributed by atoms with E-state index in [0.717, 1.165) is 16.7 Å². The van der Waals surface area contributed by atoms with E-state index >= 15 is 0 Å². The summed E-state index contributed by atoms with van der Waals surface area (Å²) in [6.07, 6.45) is 0.425. The first-order valence-corrected chi connectivity index (χ1v) is 12.0. The summed E-state index contributed by atoms with van der Waals surface area (Å²) in [5, 5.41) is 13.3. The van der Waals surface area contributed by atoms with E-state index in [0.29, 0.717) is 27.8 Å². The van der Waals surface area contributed by atoms with Gasteiger partial charge in [0.1, 0.15) is 16.7 Å². The summed E-state index contributed by atoms with van der Waals surface area (Å²) < 4.78 is 0. The van der Waals surface area contributed by atoms with E-state index < -0.39 is 11.2 Å². The van der Waals surface area contributed by atoms with Crippen LogP contribution >= 0.6 is 23.4 Å². The molecule has 3 aromatic carbocycles. The number of thioether (sulfide) groups is 1. The van der Waals surface area contributed by atoms with Crippen molar-refractivity contribution in [2.24, 2.45) is 0 Å². The molecule has 0 bridgehead atoms. The second-order valence-corrected chi connectivity index (χ2v) is 9.59. The maximum absolute atomic E-state index is 13.6. The molecule has 1 aliphatic heterocycles. The first kappa shape index (κ1) is 23.6. The molecule has 4 rings (SSSR count). The molecule has 1 heterocycles. The van der Waals surface area contributed by atoms with Gasteiger partial charge in [0.15, 0.2) is 0 Å². The van der Waals surface area contributed by atoms with Crippen molar-refractivity contribution in [1.29, 1.82) is 5.26 Å². The molecule has 1 atom stereocenters. The highest BCUT2D eigenvalue weighted by molar-refractivity contribution is 8.05. The minimum Gasteiger partial charge on any atom is -0.321 e. The Morgan fingerprint density at radius 2 is 1.76 bits per heavy atom. The molecule has 1 N–H and O–H groups in total. The largest absolute Gasteiger partial charge is 0.321 e. The van der Waals surface area contributed by atoms with E-state index in [1.165, 1.54) is 16.7 Å². The lowest BCUT2D eigenvalue weighted by atomic mass is 10.1. The summed E-state index contributed by atoms with van der Waals surface area (Å²) in [5.74, 6) is -0.722. The number of carbonyl (C=O) groups is 2. The lowest BCUT2D eigenvalue weighted by Gasteiger charge is -2.20. The van der Waals surface area contributed by atoms with Crippen molar-refractivity contribution in [3.63, 3.8) is 0 Å². The summed E-state index contributed by atoms with van der Waals surface area (Å²) in [7, 11) is 0. The number of hydrogen-bond acceptors (Lipinski definition) is 4. The predicted octanol–water partition coefficient (Wildman–Crippen LogP) is 6.02. The van der Waals surface area contributed by atoms with E-state index in [4.69, 9.17) is 11.6 Å².